The first kappa shape index (κ1) is 11.7. The zero-order chi connectivity index (χ0) is 9.40. The Morgan fingerprint density at radius 2 is 1.75 bits per heavy atom. The highest BCUT2D eigenvalue weighted by molar-refractivity contribution is 4.70. The van der Waals surface area contributed by atoms with Gasteiger partial charge in [-0.25, -0.2) is 0 Å². The van der Waals surface area contributed by atoms with Gasteiger partial charge in [0.05, 0.1) is 0 Å². The third-order valence-corrected chi connectivity index (χ3v) is 2.66. The van der Waals surface area contributed by atoms with Crippen LogP contribution in [0.15, 0.2) is 12.7 Å². The van der Waals surface area contributed by atoms with Crippen molar-refractivity contribution in [2.75, 3.05) is 0 Å². The Hall–Kier alpha value is -0.260. The van der Waals surface area contributed by atoms with E-state index >= 15 is 0 Å². The second-order valence-electron chi connectivity index (χ2n) is 4.07. The van der Waals surface area contributed by atoms with Crippen LogP contribution in [0.4, 0.5) is 0 Å². The number of allylic oxidation sites excluding steroid dienone is 1. The lowest BCUT2D eigenvalue weighted by molar-refractivity contribution is 0.436. The van der Waals surface area contributed by atoms with E-state index in [2.05, 4.69) is 27.4 Å². The van der Waals surface area contributed by atoms with Crippen molar-refractivity contribution < 1.29 is 0 Å². The Morgan fingerprint density at radius 1 is 1.17 bits per heavy atom. The second kappa shape index (κ2) is 7.39. The van der Waals surface area contributed by atoms with Gasteiger partial charge in [0.1, 0.15) is 0 Å². The number of hydrogen-bond acceptors (Lipinski definition) is 0. The van der Waals surface area contributed by atoms with E-state index in [0.29, 0.717) is 0 Å². The van der Waals surface area contributed by atoms with Crippen LogP contribution in [0.5, 0.6) is 0 Å². The molecule has 12 heavy (non-hydrogen) atoms. The van der Waals surface area contributed by atoms with Gasteiger partial charge in [0.25, 0.3) is 0 Å². The first-order valence-electron chi connectivity index (χ1n) is 5.31. The summed E-state index contributed by atoms with van der Waals surface area (Å²) in [5.41, 5.74) is 0. The van der Waals surface area contributed by atoms with Crippen LogP contribution in [-0.2, 0) is 0 Å². The summed E-state index contributed by atoms with van der Waals surface area (Å²) in [5.74, 6) is 1.76. The normalized spacial score (nSPS) is 15.6. The molecular formula is C12H24. The summed E-state index contributed by atoms with van der Waals surface area (Å²) >= 11 is 0. The third-order valence-electron chi connectivity index (χ3n) is 2.66. The highest BCUT2D eigenvalue weighted by Crippen LogP contribution is 2.16. The summed E-state index contributed by atoms with van der Waals surface area (Å²) in [7, 11) is 0. The van der Waals surface area contributed by atoms with Gasteiger partial charge in [-0.3, -0.25) is 0 Å². The van der Waals surface area contributed by atoms with Crippen molar-refractivity contribution in [3.63, 3.8) is 0 Å². The molecule has 0 rings (SSSR count). The first-order valence-corrected chi connectivity index (χ1v) is 5.31. The molecule has 0 spiro atoms. The molecule has 0 aromatic carbocycles. The lowest BCUT2D eigenvalue weighted by Crippen LogP contribution is -1.96. The fourth-order valence-corrected chi connectivity index (χ4v) is 1.42. The second-order valence-corrected chi connectivity index (χ2v) is 4.07. The predicted molar refractivity (Wildman–Crippen MR) is 57.3 cm³/mol. The lowest BCUT2D eigenvalue weighted by atomic mass is 9.95. The van der Waals surface area contributed by atoms with Crippen molar-refractivity contribution in [2.24, 2.45) is 11.8 Å². The highest BCUT2D eigenvalue weighted by atomic mass is 14.1. The molecule has 0 radical (unpaired) electrons. The van der Waals surface area contributed by atoms with Crippen molar-refractivity contribution in [3.8, 4) is 0 Å². The van der Waals surface area contributed by atoms with Crippen molar-refractivity contribution in [1.82, 2.24) is 0 Å². The summed E-state index contributed by atoms with van der Waals surface area (Å²) in [5, 5.41) is 0. The van der Waals surface area contributed by atoms with E-state index in [0.717, 1.165) is 11.8 Å². The standard InChI is InChI=1S/C12H24/c1-5-8-12(4)10-7-9-11(3)6-2/h5,11-12H,1,6-10H2,2-4H3. The van der Waals surface area contributed by atoms with Crippen LogP contribution >= 0.6 is 0 Å². The maximum atomic E-state index is 3.76. The Bertz CT molecular complexity index is 105. The van der Waals surface area contributed by atoms with Crippen LogP contribution in [0.2, 0.25) is 0 Å². The van der Waals surface area contributed by atoms with Crippen LogP contribution in [0.25, 0.3) is 0 Å². The van der Waals surface area contributed by atoms with Gasteiger partial charge in [-0.2, -0.15) is 0 Å². The molecule has 0 aromatic heterocycles. The zero-order valence-corrected chi connectivity index (χ0v) is 8.97. The fourth-order valence-electron chi connectivity index (χ4n) is 1.42. The molecule has 0 saturated carbocycles. The van der Waals surface area contributed by atoms with Gasteiger partial charge in [-0.1, -0.05) is 52.5 Å². The Morgan fingerprint density at radius 3 is 2.25 bits per heavy atom. The van der Waals surface area contributed by atoms with E-state index < -0.39 is 0 Å². The average Bonchev–Trinajstić information content (AvgIpc) is 2.04. The van der Waals surface area contributed by atoms with E-state index in [1.807, 2.05) is 6.08 Å². The molecule has 0 saturated heterocycles. The van der Waals surface area contributed by atoms with Crippen LogP contribution in [0, 0.1) is 11.8 Å². The molecule has 0 bridgehead atoms. The SMILES string of the molecule is C=CCC(C)CCCC(C)CC. The molecule has 0 heteroatoms. The minimum Gasteiger partial charge on any atom is -0.103 e. The van der Waals surface area contributed by atoms with Gasteiger partial charge in [0, 0.05) is 0 Å². The van der Waals surface area contributed by atoms with E-state index in [9.17, 15) is 0 Å². The molecule has 0 aliphatic carbocycles. The maximum Gasteiger partial charge on any atom is -0.0328 e. The average molecular weight is 168 g/mol. The Labute approximate surface area is 78.1 Å². The molecule has 0 aliphatic heterocycles. The van der Waals surface area contributed by atoms with Gasteiger partial charge in [-0.15, -0.1) is 6.58 Å². The first-order chi connectivity index (χ1) is 5.70. The van der Waals surface area contributed by atoms with Crippen LogP contribution in [0.1, 0.15) is 52.9 Å². The molecule has 0 amide bonds. The molecule has 0 heterocycles. The zero-order valence-electron chi connectivity index (χ0n) is 8.97. The van der Waals surface area contributed by atoms with Crippen LogP contribution < -0.4 is 0 Å². The van der Waals surface area contributed by atoms with Crippen molar-refractivity contribution >= 4 is 0 Å². The molecule has 0 aromatic rings. The minimum absolute atomic E-state index is 0.839. The maximum absolute atomic E-state index is 3.76. The smallest absolute Gasteiger partial charge is 0.0328 e. The number of rotatable bonds is 7. The molecular weight excluding hydrogens is 144 g/mol. The molecule has 2 atom stereocenters. The third kappa shape index (κ3) is 6.45. The van der Waals surface area contributed by atoms with Crippen molar-refractivity contribution in [1.29, 1.82) is 0 Å². The largest absolute Gasteiger partial charge is 0.103 e. The Kier molecular flexibility index (Phi) is 7.23. The van der Waals surface area contributed by atoms with Gasteiger partial charge >= 0.3 is 0 Å². The lowest BCUT2D eigenvalue weighted by Gasteiger charge is -2.11. The van der Waals surface area contributed by atoms with E-state index in [-0.39, 0.29) is 0 Å². The Balaban J connectivity index is 3.23. The number of hydrogen-bond donors (Lipinski definition) is 0. The monoisotopic (exact) mass is 168 g/mol. The van der Waals surface area contributed by atoms with Gasteiger partial charge in [0.2, 0.25) is 0 Å². The molecule has 72 valence electrons. The van der Waals surface area contributed by atoms with E-state index in [4.69, 9.17) is 0 Å². The van der Waals surface area contributed by atoms with E-state index in [1.54, 1.807) is 0 Å². The molecule has 2 unspecified atom stereocenters. The summed E-state index contributed by atoms with van der Waals surface area (Å²) < 4.78 is 0. The quantitative estimate of drug-likeness (QED) is 0.494. The van der Waals surface area contributed by atoms with Gasteiger partial charge < -0.3 is 0 Å². The predicted octanol–water partition coefficient (Wildman–Crippen LogP) is 4.42. The molecule has 0 N–H and O–H groups in total. The highest BCUT2D eigenvalue weighted by Gasteiger charge is 2.02. The fraction of sp³-hybridized carbons (Fsp3) is 0.833. The molecule has 0 nitrogen and oxygen atoms in total. The summed E-state index contributed by atoms with van der Waals surface area (Å²) in [6.45, 7) is 10.7. The van der Waals surface area contributed by atoms with E-state index in [1.165, 1.54) is 32.1 Å². The van der Waals surface area contributed by atoms with Crippen LogP contribution in [-0.4, -0.2) is 0 Å². The molecule has 0 aliphatic rings. The summed E-state index contributed by atoms with van der Waals surface area (Å²) in [6.07, 6.45) is 8.71. The summed E-state index contributed by atoms with van der Waals surface area (Å²) in [4.78, 5) is 0. The van der Waals surface area contributed by atoms with Crippen LogP contribution in [0.3, 0.4) is 0 Å². The summed E-state index contributed by atoms with van der Waals surface area (Å²) in [6, 6.07) is 0. The van der Waals surface area contributed by atoms with Crippen molar-refractivity contribution in [2.45, 2.75) is 52.9 Å². The van der Waals surface area contributed by atoms with Gasteiger partial charge in [-0.05, 0) is 18.3 Å². The molecule has 0 fully saturated rings. The topological polar surface area (TPSA) is 0 Å². The van der Waals surface area contributed by atoms with Crippen molar-refractivity contribution in [3.05, 3.63) is 12.7 Å². The van der Waals surface area contributed by atoms with Gasteiger partial charge in [0.15, 0.2) is 0 Å². The minimum atomic E-state index is 0.839.